The second kappa shape index (κ2) is 10.9. The van der Waals surface area contributed by atoms with Crippen molar-refractivity contribution in [2.24, 2.45) is 0 Å². The number of carbonyl (C=O) groups is 1. The number of hydrogen-bond donors (Lipinski definition) is 1. The normalized spacial score (nSPS) is 26.9. The number of ether oxygens (including phenoxy) is 1. The monoisotopic (exact) mass is 537 g/mol. The lowest BCUT2D eigenvalue weighted by Crippen LogP contribution is -2.64. The summed E-state index contributed by atoms with van der Waals surface area (Å²) in [6.07, 6.45) is 2.55. The van der Waals surface area contributed by atoms with Crippen LogP contribution in [0.1, 0.15) is 58.4 Å². The first-order valence-electron chi connectivity index (χ1n) is 14.3. The number of rotatable bonds is 6. The number of aromatic nitrogens is 1. The Morgan fingerprint density at radius 2 is 1.87 bits per heavy atom. The van der Waals surface area contributed by atoms with Crippen LogP contribution in [0.5, 0.6) is 0 Å². The molecule has 212 valence electrons. The molecule has 2 saturated heterocycles. The van der Waals surface area contributed by atoms with Crippen LogP contribution in [0.15, 0.2) is 36.5 Å². The predicted octanol–water partition coefficient (Wildman–Crippen LogP) is 3.60. The van der Waals surface area contributed by atoms with Crippen LogP contribution in [0.25, 0.3) is 0 Å². The molecule has 1 N–H and O–H groups in total. The van der Waals surface area contributed by atoms with Gasteiger partial charge in [-0.1, -0.05) is 26.0 Å². The first-order chi connectivity index (χ1) is 18.4. The van der Waals surface area contributed by atoms with Crippen molar-refractivity contribution in [3.63, 3.8) is 0 Å². The smallest absolute Gasteiger partial charge is 0.241 e. The average molecular weight is 538 g/mol. The molecule has 8 heteroatoms. The van der Waals surface area contributed by atoms with E-state index in [1.54, 1.807) is 12.1 Å². The van der Waals surface area contributed by atoms with Crippen molar-refractivity contribution in [3.05, 3.63) is 59.2 Å². The van der Waals surface area contributed by atoms with Gasteiger partial charge in [0.1, 0.15) is 5.82 Å². The zero-order valence-electron chi connectivity index (χ0n) is 24.3. The topological polar surface area (TPSA) is 60.9 Å². The van der Waals surface area contributed by atoms with Crippen molar-refractivity contribution in [1.82, 2.24) is 20.1 Å². The van der Waals surface area contributed by atoms with E-state index in [0.29, 0.717) is 31.6 Å². The van der Waals surface area contributed by atoms with E-state index >= 15 is 0 Å². The minimum atomic E-state index is -0.239. The number of amides is 1. The summed E-state index contributed by atoms with van der Waals surface area (Å²) in [6, 6.07) is 9.57. The molecule has 0 aliphatic carbocycles. The molecule has 1 aromatic carbocycles. The van der Waals surface area contributed by atoms with Gasteiger partial charge in [0.25, 0.3) is 0 Å². The van der Waals surface area contributed by atoms with Gasteiger partial charge in [-0.3, -0.25) is 19.6 Å². The second-order valence-corrected chi connectivity index (χ2v) is 12.9. The molecule has 3 aliphatic rings. The summed E-state index contributed by atoms with van der Waals surface area (Å²) in [4.78, 5) is 25.6. The second-order valence-electron chi connectivity index (χ2n) is 12.9. The van der Waals surface area contributed by atoms with Crippen LogP contribution in [-0.4, -0.2) is 90.3 Å². The van der Waals surface area contributed by atoms with Gasteiger partial charge in [0.2, 0.25) is 5.91 Å². The maximum Gasteiger partial charge on any atom is 0.241 e. The highest BCUT2D eigenvalue weighted by atomic mass is 19.1. The van der Waals surface area contributed by atoms with Crippen molar-refractivity contribution in [2.45, 2.75) is 77.1 Å². The Labute approximate surface area is 232 Å². The number of morpholine rings is 1. The summed E-state index contributed by atoms with van der Waals surface area (Å²) < 4.78 is 19.4. The average Bonchev–Trinajstić information content (AvgIpc) is 3.15. The summed E-state index contributed by atoms with van der Waals surface area (Å²) in [5.41, 5.74) is 3.52. The molecule has 0 bridgehead atoms. The quantitative estimate of drug-likeness (QED) is 0.608. The molecule has 5 rings (SSSR count). The van der Waals surface area contributed by atoms with Crippen molar-refractivity contribution in [1.29, 1.82) is 0 Å². The van der Waals surface area contributed by atoms with E-state index in [1.165, 1.54) is 12.1 Å². The highest BCUT2D eigenvalue weighted by Crippen LogP contribution is 2.40. The SMILES string of the molecule is CC1N(C[C@H]2CN[C@H](C)CN2CC(=O)N2CC(C)(C)c3ncc(Cc4ccc(F)cc4)cc32)CCOC1(C)C. The van der Waals surface area contributed by atoms with Gasteiger partial charge in [-0.2, -0.15) is 0 Å². The minimum absolute atomic E-state index is 0.122. The Morgan fingerprint density at radius 3 is 2.62 bits per heavy atom. The fraction of sp³-hybridized carbons (Fsp3) is 0.613. The molecular weight excluding hydrogens is 493 g/mol. The Hall–Kier alpha value is -2.39. The predicted molar refractivity (Wildman–Crippen MR) is 153 cm³/mol. The van der Waals surface area contributed by atoms with Crippen LogP contribution < -0.4 is 10.2 Å². The third-order valence-electron chi connectivity index (χ3n) is 8.95. The molecule has 39 heavy (non-hydrogen) atoms. The van der Waals surface area contributed by atoms with Gasteiger partial charge >= 0.3 is 0 Å². The summed E-state index contributed by atoms with van der Waals surface area (Å²) >= 11 is 0. The summed E-state index contributed by atoms with van der Waals surface area (Å²) in [7, 11) is 0. The molecule has 7 nitrogen and oxygen atoms in total. The fourth-order valence-electron chi connectivity index (χ4n) is 6.30. The zero-order valence-corrected chi connectivity index (χ0v) is 24.3. The van der Waals surface area contributed by atoms with Gasteiger partial charge < -0.3 is 15.0 Å². The van der Waals surface area contributed by atoms with Crippen molar-refractivity contribution in [3.8, 4) is 0 Å². The Kier molecular flexibility index (Phi) is 7.85. The zero-order chi connectivity index (χ0) is 27.9. The highest BCUT2D eigenvalue weighted by molar-refractivity contribution is 5.97. The number of hydrogen-bond acceptors (Lipinski definition) is 6. The standard InChI is InChI=1S/C31H44FN5O2/c1-21-17-36(26(16-33-21)18-35-11-12-39-31(5,6)22(35)2)19-28(38)37-20-30(3,4)29-27(37)14-24(15-34-29)13-23-7-9-25(32)10-8-23/h7-10,14-15,21-22,26,33H,11-13,16-20H2,1-6H3/t21-,22?,26-/m1/s1. The minimum Gasteiger partial charge on any atom is -0.373 e. The van der Waals surface area contributed by atoms with E-state index in [-0.39, 0.29) is 28.8 Å². The number of pyridine rings is 1. The molecule has 0 radical (unpaired) electrons. The first-order valence-corrected chi connectivity index (χ1v) is 14.3. The molecule has 1 amide bonds. The molecule has 2 fully saturated rings. The van der Waals surface area contributed by atoms with E-state index in [0.717, 1.165) is 55.3 Å². The molecule has 3 aliphatic heterocycles. The number of fused-ring (bicyclic) bond motifs is 1. The fourth-order valence-corrected chi connectivity index (χ4v) is 6.30. The van der Waals surface area contributed by atoms with Crippen LogP contribution in [0.3, 0.4) is 0 Å². The number of piperazine rings is 1. The third kappa shape index (κ3) is 6.04. The lowest BCUT2D eigenvalue weighted by molar-refractivity contribution is -0.129. The largest absolute Gasteiger partial charge is 0.373 e. The molecule has 3 atom stereocenters. The van der Waals surface area contributed by atoms with Crippen LogP contribution in [0.4, 0.5) is 10.1 Å². The number of halogens is 1. The number of carbonyl (C=O) groups excluding carboxylic acids is 1. The third-order valence-corrected chi connectivity index (χ3v) is 8.95. The van der Waals surface area contributed by atoms with Gasteiger partial charge in [0.05, 0.1) is 30.1 Å². The van der Waals surface area contributed by atoms with Crippen molar-refractivity contribution >= 4 is 11.6 Å². The summed E-state index contributed by atoms with van der Waals surface area (Å²) in [6.45, 7) is 18.3. The van der Waals surface area contributed by atoms with E-state index in [9.17, 15) is 9.18 Å². The summed E-state index contributed by atoms with van der Waals surface area (Å²) in [5.74, 6) is -0.117. The van der Waals surface area contributed by atoms with Gasteiger partial charge in [0.15, 0.2) is 0 Å². The van der Waals surface area contributed by atoms with Crippen LogP contribution >= 0.6 is 0 Å². The molecule has 1 unspecified atom stereocenters. The summed E-state index contributed by atoms with van der Waals surface area (Å²) in [5, 5.41) is 3.63. The van der Waals surface area contributed by atoms with Gasteiger partial charge in [-0.15, -0.1) is 0 Å². The van der Waals surface area contributed by atoms with E-state index in [4.69, 9.17) is 9.72 Å². The number of nitrogens with zero attached hydrogens (tertiary/aromatic N) is 4. The van der Waals surface area contributed by atoms with E-state index in [2.05, 4.69) is 62.7 Å². The lowest BCUT2D eigenvalue weighted by Gasteiger charge is -2.48. The molecular formula is C31H44FN5O2. The molecule has 0 spiro atoms. The molecule has 2 aromatic rings. The van der Waals surface area contributed by atoms with Crippen LogP contribution in [-0.2, 0) is 21.4 Å². The Balaban J connectivity index is 1.33. The van der Waals surface area contributed by atoms with Crippen LogP contribution in [0.2, 0.25) is 0 Å². The molecule has 0 saturated carbocycles. The van der Waals surface area contributed by atoms with Gasteiger partial charge in [0, 0.05) is 62.5 Å². The van der Waals surface area contributed by atoms with Gasteiger partial charge in [-0.25, -0.2) is 4.39 Å². The number of benzene rings is 1. The maximum atomic E-state index is 13.9. The molecule has 1 aromatic heterocycles. The number of anilines is 1. The lowest BCUT2D eigenvalue weighted by atomic mass is 9.91. The van der Waals surface area contributed by atoms with E-state index in [1.807, 2.05) is 11.1 Å². The molecule has 4 heterocycles. The van der Waals surface area contributed by atoms with Crippen LogP contribution in [0, 0.1) is 5.82 Å². The van der Waals surface area contributed by atoms with Crippen molar-refractivity contribution < 1.29 is 13.9 Å². The van der Waals surface area contributed by atoms with Crippen molar-refractivity contribution in [2.75, 3.05) is 50.8 Å². The number of nitrogens with one attached hydrogen (secondary N) is 1. The van der Waals surface area contributed by atoms with Gasteiger partial charge in [-0.05, 0) is 63.4 Å². The maximum absolute atomic E-state index is 13.9. The van der Waals surface area contributed by atoms with E-state index < -0.39 is 0 Å². The first kappa shape index (κ1) is 28.1. The Morgan fingerprint density at radius 1 is 1.13 bits per heavy atom. The Bertz CT molecular complexity index is 1180. The highest BCUT2D eigenvalue weighted by Gasteiger charge is 2.42.